The molecule has 0 bridgehead atoms. The van der Waals surface area contributed by atoms with E-state index in [-0.39, 0.29) is 1.43 Å². The van der Waals surface area contributed by atoms with Gasteiger partial charge in [0.05, 0.1) is 16.9 Å². The van der Waals surface area contributed by atoms with Gasteiger partial charge in [0.15, 0.2) is 9.84 Å². The number of hydrogen-bond acceptors (Lipinski definition) is 4. The quantitative estimate of drug-likeness (QED) is 0.902. The smallest absolute Gasteiger partial charge is 0.175 e. The lowest BCUT2D eigenvalue weighted by Gasteiger charge is -2.14. The Morgan fingerprint density at radius 3 is 2.79 bits per heavy atom. The van der Waals surface area contributed by atoms with E-state index in [9.17, 15) is 8.42 Å². The molecule has 0 atom stereocenters. The maximum absolute atomic E-state index is 11.9. The standard InChI is InChI=1S/C18H21N3O2S.H2/c1-21-12-18(20-13-21)16-10-15(24(2,22)23)8-9-17(16)19-11-14-6-4-3-5-7-14;/h4,6-10,12-13,19H,3,5,11H2,1-2H3;1H. The van der Waals surface area contributed by atoms with Crippen molar-refractivity contribution in [2.45, 2.75) is 17.7 Å². The summed E-state index contributed by atoms with van der Waals surface area (Å²) < 4.78 is 25.6. The first-order chi connectivity index (χ1) is 11.4. The first-order valence-electron chi connectivity index (χ1n) is 7.85. The number of allylic oxidation sites excluding steroid dienone is 2. The van der Waals surface area contributed by atoms with Crippen LogP contribution in [-0.4, -0.2) is 30.8 Å². The number of nitrogens with one attached hydrogen (secondary N) is 1. The molecule has 0 fully saturated rings. The van der Waals surface area contributed by atoms with Gasteiger partial charge in [0, 0.05) is 38.7 Å². The average molecular weight is 345 g/mol. The van der Waals surface area contributed by atoms with Crippen LogP contribution in [-0.2, 0) is 16.9 Å². The second-order valence-electron chi connectivity index (χ2n) is 6.02. The number of hydrogen-bond donors (Lipinski definition) is 1. The number of nitrogens with zero attached hydrogens (tertiary/aromatic N) is 2. The molecule has 128 valence electrons. The zero-order valence-corrected chi connectivity index (χ0v) is 14.7. The summed E-state index contributed by atoms with van der Waals surface area (Å²) >= 11 is 0. The SMILES string of the molecule is Cn1cnc(-c2cc(S(C)(=O)=O)ccc2NCC2=CCCC=C2)c1.[HH]. The summed E-state index contributed by atoms with van der Waals surface area (Å²) in [6.45, 7) is 0.703. The van der Waals surface area contributed by atoms with Crippen LogP contribution < -0.4 is 5.32 Å². The van der Waals surface area contributed by atoms with E-state index in [1.165, 1.54) is 11.8 Å². The Hall–Kier alpha value is -2.34. The Balaban J connectivity index is 0.00000225. The molecule has 0 radical (unpaired) electrons. The third kappa shape index (κ3) is 3.76. The number of benzene rings is 1. The Labute approximate surface area is 144 Å². The van der Waals surface area contributed by atoms with Gasteiger partial charge in [-0.25, -0.2) is 13.4 Å². The molecule has 1 aromatic carbocycles. The minimum atomic E-state index is -3.26. The van der Waals surface area contributed by atoms with Gasteiger partial charge in [-0.3, -0.25) is 0 Å². The summed E-state index contributed by atoms with van der Waals surface area (Å²) in [5.74, 6) is 0. The van der Waals surface area contributed by atoms with Crippen LogP contribution in [0.4, 0.5) is 5.69 Å². The highest BCUT2D eigenvalue weighted by Crippen LogP contribution is 2.30. The van der Waals surface area contributed by atoms with E-state index < -0.39 is 9.84 Å². The fourth-order valence-electron chi connectivity index (χ4n) is 2.67. The molecule has 1 heterocycles. The van der Waals surface area contributed by atoms with E-state index in [0.717, 1.165) is 29.8 Å². The molecule has 3 rings (SSSR count). The number of sulfone groups is 1. The van der Waals surface area contributed by atoms with Crippen molar-refractivity contribution in [1.82, 2.24) is 9.55 Å². The minimum Gasteiger partial charge on any atom is -0.380 e. The van der Waals surface area contributed by atoms with Crippen LogP contribution >= 0.6 is 0 Å². The maximum atomic E-state index is 11.9. The van der Waals surface area contributed by atoms with Crippen LogP contribution in [0.2, 0.25) is 0 Å². The number of aromatic nitrogens is 2. The molecule has 0 unspecified atom stereocenters. The largest absolute Gasteiger partial charge is 0.380 e. The fraction of sp³-hybridized carbons (Fsp3) is 0.278. The van der Waals surface area contributed by atoms with Gasteiger partial charge in [0.1, 0.15) is 0 Å². The van der Waals surface area contributed by atoms with E-state index in [1.54, 1.807) is 18.5 Å². The molecule has 1 aliphatic carbocycles. The molecule has 0 aliphatic heterocycles. The second kappa shape index (κ2) is 6.65. The predicted molar refractivity (Wildman–Crippen MR) is 98.8 cm³/mol. The van der Waals surface area contributed by atoms with Crippen LogP contribution in [0, 0.1) is 0 Å². The van der Waals surface area contributed by atoms with Gasteiger partial charge in [-0.05, 0) is 36.6 Å². The molecular formula is C18H23N3O2S. The van der Waals surface area contributed by atoms with Crippen LogP contribution in [0.25, 0.3) is 11.3 Å². The Bertz CT molecular complexity index is 914. The maximum Gasteiger partial charge on any atom is 0.175 e. The van der Waals surface area contributed by atoms with Gasteiger partial charge in [0.2, 0.25) is 0 Å². The third-order valence-electron chi connectivity index (χ3n) is 3.95. The predicted octanol–water partition coefficient (Wildman–Crippen LogP) is 3.42. The van der Waals surface area contributed by atoms with Crippen molar-refractivity contribution in [2.75, 3.05) is 18.1 Å². The number of aryl methyl sites for hydroxylation is 1. The highest BCUT2D eigenvalue weighted by molar-refractivity contribution is 7.90. The molecule has 0 spiro atoms. The van der Waals surface area contributed by atoms with Gasteiger partial charge in [-0.15, -0.1) is 0 Å². The monoisotopic (exact) mass is 345 g/mol. The lowest BCUT2D eigenvalue weighted by Crippen LogP contribution is -2.07. The van der Waals surface area contributed by atoms with Gasteiger partial charge < -0.3 is 9.88 Å². The van der Waals surface area contributed by atoms with Crippen molar-refractivity contribution in [3.63, 3.8) is 0 Å². The fourth-order valence-corrected chi connectivity index (χ4v) is 3.32. The van der Waals surface area contributed by atoms with E-state index >= 15 is 0 Å². The third-order valence-corrected chi connectivity index (χ3v) is 5.07. The van der Waals surface area contributed by atoms with Crippen molar-refractivity contribution < 1.29 is 9.84 Å². The average Bonchev–Trinajstić information content (AvgIpc) is 2.99. The summed E-state index contributed by atoms with van der Waals surface area (Å²) in [6, 6.07) is 5.13. The minimum absolute atomic E-state index is 0. The molecule has 24 heavy (non-hydrogen) atoms. The van der Waals surface area contributed by atoms with Gasteiger partial charge in [-0.1, -0.05) is 18.2 Å². The topological polar surface area (TPSA) is 64.0 Å². The van der Waals surface area contributed by atoms with Crippen LogP contribution in [0.3, 0.4) is 0 Å². The molecule has 1 aromatic heterocycles. The van der Waals surface area contributed by atoms with Crippen molar-refractivity contribution in [2.24, 2.45) is 7.05 Å². The van der Waals surface area contributed by atoms with Gasteiger partial charge >= 0.3 is 0 Å². The van der Waals surface area contributed by atoms with Crippen LogP contribution in [0.1, 0.15) is 14.3 Å². The van der Waals surface area contributed by atoms with E-state index in [1.807, 2.05) is 23.9 Å². The zero-order chi connectivity index (χ0) is 17.2. The first kappa shape index (κ1) is 16.5. The van der Waals surface area contributed by atoms with Gasteiger partial charge in [-0.2, -0.15) is 0 Å². The Morgan fingerprint density at radius 2 is 2.17 bits per heavy atom. The number of imidazole rings is 1. The Morgan fingerprint density at radius 1 is 1.33 bits per heavy atom. The van der Waals surface area contributed by atoms with E-state index in [2.05, 4.69) is 28.5 Å². The highest BCUT2D eigenvalue weighted by Gasteiger charge is 2.14. The summed E-state index contributed by atoms with van der Waals surface area (Å²) in [5.41, 5.74) is 3.65. The van der Waals surface area contributed by atoms with Crippen molar-refractivity contribution in [1.29, 1.82) is 0 Å². The van der Waals surface area contributed by atoms with Gasteiger partial charge in [0.25, 0.3) is 0 Å². The van der Waals surface area contributed by atoms with Crippen LogP contribution in [0.15, 0.2) is 59.4 Å². The van der Waals surface area contributed by atoms with Crippen LogP contribution in [0.5, 0.6) is 0 Å². The summed E-state index contributed by atoms with van der Waals surface area (Å²) in [6.07, 6.45) is 13.5. The summed E-state index contributed by atoms with van der Waals surface area (Å²) in [7, 11) is -1.37. The Kier molecular flexibility index (Phi) is 4.57. The lowest BCUT2D eigenvalue weighted by atomic mass is 10.1. The molecule has 1 N–H and O–H groups in total. The van der Waals surface area contributed by atoms with E-state index in [4.69, 9.17) is 0 Å². The first-order valence-corrected chi connectivity index (χ1v) is 9.74. The number of rotatable bonds is 5. The second-order valence-corrected chi connectivity index (χ2v) is 8.03. The van der Waals surface area contributed by atoms with E-state index in [0.29, 0.717) is 11.4 Å². The molecule has 0 amide bonds. The molecule has 1 aliphatic rings. The zero-order valence-electron chi connectivity index (χ0n) is 13.9. The summed E-state index contributed by atoms with van der Waals surface area (Å²) in [5, 5.41) is 3.41. The molecule has 2 aromatic rings. The summed E-state index contributed by atoms with van der Waals surface area (Å²) in [4.78, 5) is 4.66. The van der Waals surface area contributed by atoms with Crippen molar-refractivity contribution in [3.8, 4) is 11.3 Å². The molecule has 5 nitrogen and oxygen atoms in total. The highest BCUT2D eigenvalue weighted by atomic mass is 32.2. The molecular weight excluding hydrogens is 322 g/mol. The van der Waals surface area contributed by atoms with Crippen molar-refractivity contribution in [3.05, 3.63) is 54.5 Å². The number of anilines is 1. The lowest BCUT2D eigenvalue weighted by molar-refractivity contribution is 0.602. The molecule has 0 saturated heterocycles. The normalized spacial score (nSPS) is 14.5. The molecule has 0 saturated carbocycles. The molecule has 6 heteroatoms. The van der Waals surface area contributed by atoms with Crippen molar-refractivity contribution >= 4 is 15.5 Å².